The van der Waals surface area contributed by atoms with Crippen molar-refractivity contribution in [3.05, 3.63) is 23.7 Å². The molecule has 0 saturated heterocycles. The van der Waals surface area contributed by atoms with Gasteiger partial charge in [-0.05, 0) is 25.5 Å². The van der Waals surface area contributed by atoms with Gasteiger partial charge in [-0.15, -0.1) is 0 Å². The summed E-state index contributed by atoms with van der Waals surface area (Å²) in [6, 6.07) is 2.14. The minimum absolute atomic E-state index is 0.735. The van der Waals surface area contributed by atoms with Crippen LogP contribution in [0.3, 0.4) is 0 Å². The highest BCUT2D eigenvalue weighted by Gasteiger charge is 2.09. The Morgan fingerprint density at radius 1 is 1.19 bits per heavy atom. The molecule has 0 radical (unpaired) electrons. The van der Waals surface area contributed by atoms with Gasteiger partial charge in [-0.2, -0.15) is 0 Å². The first-order valence-corrected chi connectivity index (χ1v) is 7.77. The van der Waals surface area contributed by atoms with Crippen molar-refractivity contribution in [3.63, 3.8) is 0 Å². The molecule has 1 aromatic rings. The van der Waals surface area contributed by atoms with Gasteiger partial charge in [0.05, 0.1) is 19.4 Å². The molecule has 0 saturated carbocycles. The fourth-order valence-corrected chi connectivity index (χ4v) is 2.15. The van der Waals surface area contributed by atoms with E-state index in [2.05, 4.69) is 23.2 Å². The molecular formula is C16H30N2O3. The molecular weight excluding hydrogens is 268 g/mol. The third kappa shape index (κ3) is 8.21. The Balaban J connectivity index is 2.40. The molecule has 0 aromatic carbocycles. The second kappa shape index (κ2) is 11.7. The first-order chi connectivity index (χ1) is 10.3. The summed E-state index contributed by atoms with van der Waals surface area (Å²) < 4.78 is 15.9. The average Bonchev–Trinajstić information content (AvgIpc) is 2.92. The van der Waals surface area contributed by atoms with Crippen molar-refractivity contribution in [2.24, 2.45) is 0 Å². The monoisotopic (exact) mass is 298 g/mol. The molecule has 1 heterocycles. The summed E-state index contributed by atoms with van der Waals surface area (Å²) in [6.45, 7) is 8.32. The Labute approximate surface area is 128 Å². The predicted molar refractivity (Wildman–Crippen MR) is 84.4 cm³/mol. The number of hydrogen-bond acceptors (Lipinski definition) is 5. The van der Waals surface area contributed by atoms with Crippen molar-refractivity contribution >= 4 is 0 Å². The summed E-state index contributed by atoms with van der Waals surface area (Å²) in [5.41, 5.74) is 1.21. The Morgan fingerprint density at radius 3 is 2.71 bits per heavy atom. The fourth-order valence-electron chi connectivity index (χ4n) is 2.15. The lowest BCUT2D eigenvalue weighted by Crippen LogP contribution is -2.28. The Kier molecular flexibility index (Phi) is 10.2. The molecule has 0 fully saturated rings. The Hall–Kier alpha value is -0.880. The highest BCUT2D eigenvalue weighted by atomic mass is 16.5. The van der Waals surface area contributed by atoms with E-state index in [1.807, 2.05) is 6.26 Å². The predicted octanol–water partition coefficient (Wildman–Crippen LogP) is 2.26. The number of methoxy groups -OCH3 is 2. The third-order valence-electron chi connectivity index (χ3n) is 3.28. The summed E-state index contributed by atoms with van der Waals surface area (Å²) >= 11 is 0. The average molecular weight is 298 g/mol. The zero-order chi connectivity index (χ0) is 15.3. The molecule has 122 valence electrons. The first kappa shape index (κ1) is 18.2. The van der Waals surface area contributed by atoms with Crippen molar-refractivity contribution in [3.8, 4) is 0 Å². The van der Waals surface area contributed by atoms with Crippen LogP contribution in [0.1, 0.15) is 31.1 Å². The molecule has 0 spiro atoms. The van der Waals surface area contributed by atoms with E-state index >= 15 is 0 Å². The van der Waals surface area contributed by atoms with Crippen LogP contribution >= 0.6 is 0 Å². The second-order valence-corrected chi connectivity index (χ2v) is 5.21. The number of nitrogens with one attached hydrogen (secondary N) is 1. The van der Waals surface area contributed by atoms with Crippen LogP contribution in [0.2, 0.25) is 0 Å². The number of ether oxygens (including phenoxy) is 2. The van der Waals surface area contributed by atoms with Crippen LogP contribution in [0.15, 0.2) is 16.7 Å². The molecule has 0 bridgehead atoms. The molecule has 0 aliphatic carbocycles. The van der Waals surface area contributed by atoms with Crippen LogP contribution in [0, 0.1) is 0 Å². The van der Waals surface area contributed by atoms with Crippen molar-refractivity contribution in [1.29, 1.82) is 0 Å². The molecule has 1 aromatic heterocycles. The van der Waals surface area contributed by atoms with Crippen LogP contribution < -0.4 is 5.32 Å². The van der Waals surface area contributed by atoms with Gasteiger partial charge in [0.25, 0.3) is 0 Å². The lowest BCUT2D eigenvalue weighted by atomic mass is 10.3. The molecule has 0 unspecified atom stereocenters. The highest BCUT2D eigenvalue weighted by molar-refractivity contribution is 5.12. The van der Waals surface area contributed by atoms with Crippen molar-refractivity contribution in [1.82, 2.24) is 10.2 Å². The van der Waals surface area contributed by atoms with Gasteiger partial charge in [0.15, 0.2) is 0 Å². The van der Waals surface area contributed by atoms with Gasteiger partial charge < -0.3 is 19.2 Å². The van der Waals surface area contributed by atoms with E-state index in [1.54, 1.807) is 14.2 Å². The van der Waals surface area contributed by atoms with E-state index in [1.165, 1.54) is 5.56 Å². The maximum absolute atomic E-state index is 5.66. The zero-order valence-electron chi connectivity index (χ0n) is 13.7. The normalized spacial score (nSPS) is 11.4. The standard InChI is InChI=1S/C16H30N2O3/c1-4-6-17-12-15-11-16(21-14-15)13-18(8-10-20-3)7-5-9-19-2/h11,14,17H,4-10,12-13H2,1-3H3. The van der Waals surface area contributed by atoms with Gasteiger partial charge in [-0.25, -0.2) is 0 Å². The minimum atomic E-state index is 0.735. The van der Waals surface area contributed by atoms with Gasteiger partial charge in [0.1, 0.15) is 5.76 Å². The molecule has 0 atom stereocenters. The van der Waals surface area contributed by atoms with Crippen LogP contribution in [0.25, 0.3) is 0 Å². The second-order valence-electron chi connectivity index (χ2n) is 5.21. The van der Waals surface area contributed by atoms with E-state index in [-0.39, 0.29) is 0 Å². The maximum atomic E-state index is 5.66. The zero-order valence-corrected chi connectivity index (χ0v) is 13.7. The molecule has 5 nitrogen and oxygen atoms in total. The smallest absolute Gasteiger partial charge is 0.118 e. The van der Waals surface area contributed by atoms with Gasteiger partial charge in [-0.1, -0.05) is 6.92 Å². The Morgan fingerprint density at radius 2 is 2.00 bits per heavy atom. The largest absolute Gasteiger partial charge is 0.468 e. The van der Waals surface area contributed by atoms with Gasteiger partial charge in [0, 0.05) is 46.0 Å². The molecule has 0 aliphatic rings. The fraction of sp³-hybridized carbons (Fsp3) is 0.750. The van der Waals surface area contributed by atoms with Crippen LogP contribution in [0.4, 0.5) is 0 Å². The summed E-state index contributed by atoms with van der Waals surface area (Å²) in [7, 11) is 3.47. The Bertz CT molecular complexity index is 355. The third-order valence-corrected chi connectivity index (χ3v) is 3.28. The van der Waals surface area contributed by atoms with Crippen molar-refractivity contribution < 1.29 is 13.9 Å². The SMILES string of the molecule is CCCNCc1coc(CN(CCCOC)CCOC)c1. The highest BCUT2D eigenvalue weighted by Crippen LogP contribution is 2.11. The van der Waals surface area contributed by atoms with Crippen LogP contribution in [-0.2, 0) is 22.6 Å². The molecule has 21 heavy (non-hydrogen) atoms. The molecule has 0 aliphatic heterocycles. The number of furan rings is 1. The van der Waals surface area contributed by atoms with Gasteiger partial charge in [0.2, 0.25) is 0 Å². The van der Waals surface area contributed by atoms with Crippen LogP contribution in [-0.4, -0.2) is 52.0 Å². The molecule has 1 rings (SSSR count). The molecule has 1 N–H and O–H groups in total. The van der Waals surface area contributed by atoms with E-state index in [4.69, 9.17) is 13.9 Å². The summed E-state index contributed by atoms with van der Waals surface area (Å²) in [5.74, 6) is 1.01. The number of hydrogen-bond donors (Lipinski definition) is 1. The maximum Gasteiger partial charge on any atom is 0.118 e. The lowest BCUT2D eigenvalue weighted by molar-refractivity contribution is 0.125. The summed E-state index contributed by atoms with van der Waals surface area (Å²) in [4.78, 5) is 2.34. The number of nitrogens with zero attached hydrogens (tertiary/aromatic N) is 1. The van der Waals surface area contributed by atoms with E-state index < -0.39 is 0 Å². The quantitative estimate of drug-likeness (QED) is 0.566. The molecule has 0 amide bonds. The van der Waals surface area contributed by atoms with Crippen molar-refractivity contribution in [2.75, 3.05) is 47.1 Å². The summed E-state index contributed by atoms with van der Waals surface area (Å²) in [5, 5.41) is 3.38. The minimum Gasteiger partial charge on any atom is -0.468 e. The van der Waals surface area contributed by atoms with Crippen molar-refractivity contribution in [2.45, 2.75) is 32.9 Å². The van der Waals surface area contributed by atoms with Crippen LogP contribution in [0.5, 0.6) is 0 Å². The van der Waals surface area contributed by atoms with E-state index in [0.717, 1.165) is 64.5 Å². The number of rotatable bonds is 13. The first-order valence-electron chi connectivity index (χ1n) is 7.77. The lowest BCUT2D eigenvalue weighted by Gasteiger charge is -2.20. The van der Waals surface area contributed by atoms with Gasteiger partial charge >= 0.3 is 0 Å². The molecule has 5 heteroatoms. The topological polar surface area (TPSA) is 46.9 Å². The van der Waals surface area contributed by atoms with E-state index in [9.17, 15) is 0 Å². The van der Waals surface area contributed by atoms with Gasteiger partial charge in [-0.3, -0.25) is 4.90 Å². The summed E-state index contributed by atoms with van der Waals surface area (Å²) in [6.07, 6.45) is 4.02. The van der Waals surface area contributed by atoms with E-state index in [0.29, 0.717) is 0 Å².